The molecular formula is C19H25N3O2. The second kappa shape index (κ2) is 6.49. The zero-order chi connectivity index (χ0) is 17.4. The summed E-state index contributed by atoms with van der Waals surface area (Å²) in [5, 5.41) is 0.914. The van der Waals surface area contributed by atoms with Crippen LogP contribution in [0.2, 0.25) is 0 Å². The molecule has 24 heavy (non-hydrogen) atoms. The van der Waals surface area contributed by atoms with Gasteiger partial charge in [-0.2, -0.15) is 0 Å². The van der Waals surface area contributed by atoms with Crippen molar-refractivity contribution >= 4 is 16.8 Å². The Balaban J connectivity index is 2.03. The maximum atomic E-state index is 13.1. The van der Waals surface area contributed by atoms with Gasteiger partial charge in [-0.05, 0) is 44.4 Å². The minimum atomic E-state index is -0.110. The number of methoxy groups -OCH3 is 1. The summed E-state index contributed by atoms with van der Waals surface area (Å²) in [7, 11) is 1.65. The minimum absolute atomic E-state index is 0.0140. The lowest BCUT2D eigenvalue weighted by molar-refractivity contribution is 0.0163. The van der Waals surface area contributed by atoms with Gasteiger partial charge in [0.1, 0.15) is 0 Å². The van der Waals surface area contributed by atoms with Crippen molar-refractivity contribution in [2.45, 2.75) is 39.3 Å². The second-order valence-corrected chi connectivity index (χ2v) is 6.69. The first-order chi connectivity index (χ1) is 11.4. The van der Waals surface area contributed by atoms with Crippen molar-refractivity contribution in [2.75, 3.05) is 20.2 Å². The second-order valence-electron chi connectivity index (χ2n) is 6.69. The molecule has 5 nitrogen and oxygen atoms in total. The fraction of sp³-hybridized carbons (Fsp3) is 0.474. The molecule has 1 aliphatic heterocycles. The van der Waals surface area contributed by atoms with E-state index in [1.165, 1.54) is 5.56 Å². The monoisotopic (exact) mass is 327 g/mol. The molecule has 2 N–H and O–H groups in total. The van der Waals surface area contributed by atoms with Crippen molar-refractivity contribution in [2.24, 2.45) is 5.73 Å². The van der Waals surface area contributed by atoms with Crippen molar-refractivity contribution in [1.82, 2.24) is 9.88 Å². The molecule has 0 unspecified atom stereocenters. The standard InChI is InChI=1S/C19H25N3O2/c1-11-5-6-14-15(9-12(2)21-18(14)13(11)3)19(23)22-8-7-16(20)17(10-22)24-4/h5-6,9,16-17H,7-8,10,20H2,1-4H3/t16-,17+/m1/s1. The summed E-state index contributed by atoms with van der Waals surface area (Å²) in [6.45, 7) is 7.24. The van der Waals surface area contributed by atoms with Crippen LogP contribution in [0.15, 0.2) is 18.2 Å². The third-order valence-corrected chi connectivity index (χ3v) is 5.06. The van der Waals surface area contributed by atoms with E-state index in [9.17, 15) is 4.79 Å². The molecule has 1 aromatic carbocycles. The van der Waals surface area contributed by atoms with E-state index in [1.54, 1.807) is 7.11 Å². The average molecular weight is 327 g/mol. The van der Waals surface area contributed by atoms with E-state index in [2.05, 4.69) is 24.9 Å². The molecule has 5 heteroatoms. The summed E-state index contributed by atoms with van der Waals surface area (Å²) in [5.74, 6) is 0.0303. The molecule has 0 radical (unpaired) electrons. The van der Waals surface area contributed by atoms with Crippen LogP contribution < -0.4 is 5.73 Å². The van der Waals surface area contributed by atoms with E-state index in [4.69, 9.17) is 10.5 Å². The molecule has 0 spiro atoms. The van der Waals surface area contributed by atoms with Crippen LogP contribution in [0.3, 0.4) is 0 Å². The number of hydrogen-bond acceptors (Lipinski definition) is 4. The summed E-state index contributed by atoms with van der Waals surface area (Å²) in [4.78, 5) is 19.6. The van der Waals surface area contributed by atoms with Gasteiger partial charge in [0.15, 0.2) is 0 Å². The largest absolute Gasteiger partial charge is 0.378 e. The van der Waals surface area contributed by atoms with Gasteiger partial charge in [-0.3, -0.25) is 9.78 Å². The van der Waals surface area contributed by atoms with E-state index in [1.807, 2.05) is 24.0 Å². The number of aryl methyl sites for hydroxylation is 3. The molecule has 1 amide bonds. The first kappa shape index (κ1) is 16.9. The van der Waals surface area contributed by atoms with E-state index < -0.39 is 0 Å². The maximum Gasteiger partial charge on any atom is 0.254 e. The number of amides is 1. The third-order valence-electron chi connectivity index (χ3n) is 5.06. The van der Waals surface area contributed by atoms with Crippen LogP contribution in [0.4, 0.5) is 0 Å². The zero-order valence-corrected chi connectivity index (χ0v) is 14.8. The van der Waals surface area contributed by atoms with Gasteiger partial charge in [0.2, 0.25) is 0 Å². The fourth-order valence-corrected chi connectivity index (χ4v) is 3.37. The zero-order valence-electron chi connectivity index (χ0n) is 14.8. The molecule has 2 heterocycles. The number of benzene rings is 1. The highest BCUT2D eigenvalue weighted by molar-refractivity contribution is 6.07. The van der Waals surface area contributed by atoms with Crippen molar-refractivity contribution in [3.8, 4) is 0 Å². The van der Waals surface area contributed by atoms with Gasteiger partial charge < -0.3 is 15.4 Å². The highest BCUT2D eigenvalue weighted by atomic mass is 16.5. The highest BCUT2D eigenvalue weighted by Gasteiger charge is 2.30. The smallest absolute Gasteiger partial charge is 0.254 e. The molecule has 128 valence electrons. The van der Waals surface area contributed by atoms with E-state index in [-0.39, 0.29) is 18.1 Å². The summed E-state index contributed by atoms with van der Waals surface area (Å²) in [5.41, 5.74) is 10.9. The Labute approximate surface area is 142 Å². The molecule has 1 aliphatic rings. The first-order valence-corrected chi connectivity index (χ1v) is 8.37. The number of piperidine rings is 1. The number of nitrogens with two attached hydrogens (primary N) is 1. The van der Waals surface area contributed by atoms with Crippen LogP contribution in [0.5, 0.6) is 0 Å². The molecule has 0 bridgehead atoms. The Morgan fingerprint density at radius 1 is 1.33 bits per heavy atom. The first-order valence-electron chi connectivity index (χ1n) is 8.37. The lowest BCUT2D eigenvalue weighted by atomic mass is 9.98. The fourth-order valence-electron chi connectivity index (χ4n) is 3.37. The molecule has 2 aromatic rings. The number of rotatable bonds is 2. The van der Waals surface area contributed by atoms with Crippen molar-refractivity contribution in [1.29, 1.82) is 0 Å². The van der Waals surface area contributed by atoms with E-state index >= 15 is 0 Å². The SMILES string of the molecule is CO[C@H]1CN(C(=O)c2cc(C)nc3c(C)c(C)ccc23)CC[C@H]1N. The maximum absolute atomic E-state index is 13.1. The summed E-state index contributed by atoms with van der Waals surface area (Å²) < 4.78 is 5.43. The molecule has 3 rings (SSSR count). The quantitative estimate of drug-likeness (QED) is 0.919. The molecule has 1 aromatic heterocycles. The predicted octanol–water partition coefficient (Wildman–Crippen LogP) is 2.35. The number of pyridine rings is 1. The number of carbonyl (C=O) groups excluding carboxylic acids is 1. The number of carbonyl (C=O) groups is 1. The van der Waals surface area contributed by atoms with Crippen LogP contribution in [-0.2, 0) is 4.74 Å². The third kappa shape index (κ3) is 2.89. The number of aromatic nitrogens is 1. The Kier molecular flexibility index (Phi) is 4.56. The van der Waals surface area contributed by atoms with Gasteiger partial charge in [0, 0.05) is 37.3 Å². The Hall–Kier alpha value is -1.98. The van der Waals surface area contributed by atoms with Gasteiger partial charge in [-0.1, -0.05) is 12.1 Å². The minimum Gasteiger partial charge on any atom is -0.378 e. The highest BCUT2D eigenvalue weighted by Crippen LogP contribution is 2.26. The molecule has 2 atom stereocenters. The van der Waals surface area contributed by atoms with Crippen molar-refractivity contribution in [3.63, 3.8) is 0 Å². The molecule has 1 saturated heterocycles. The van der Waals surface area contributed by atoms with Gasteiger partial charge >= 0.3 is 0 Å². The van der Waals surface area contributed by atoms with Crippen LogP contribution in [0.1, 0.15) is 33.6 Å². The molecule has 0 saturated carbocycles. The van der Waals surface area contributed by atoms with Crippen molar-refractivity contribution in [3.05, 3.63) is 40.6 Å². The number of ether oxygens (including phenoxy) is 1. The Morgan fingerprint density at radius 3 is 2.79 bits per heavy atom. The van der Waals surface area contributed by atoms with Crippen molar-refractivity contribution < 1.29 is 9.53 Å². The van der Waals surface area contributed by atoms with Crippen LogP contribution >= 0.6 is 0 Å². The normalized spacial score (nSPS) is 21.3. The summed E-state index contributed by atoms with van der Waals surface area (Å²) in [6.07, 6.45) is 0.644. The average Bonchev–Trinajstić information content (AvgIpc) is 2.57. The van der Waals surface area contributed by atoms with Crippen LogP contribution in [-0.4, -0.2) is 48.1 Å². The number of likely N-dealkylation sites (tertiary alicyclic amines) is 1. The topological polar surface area (TPSA) is 68.5 Å². The van der Waals surface area contributed by atoms with Gasteiger partial charge in [0.25, 0.3) is 5.91 Å². The van der Waals surface area contributed by atoms with Gasteiger partial charge in [-0.15, -0.1) is 0 Å². The lowest BCUT2D eigenvalue weighted by Gasteiger charge is -2.36. The van der Waals surface area contributed by atoms with Gasteiger partial charge in [-0.25, -0.2) is 0 Å². The van der Waals surface area contributed by atoms with Gasteiger partial charge in [0.05, 0.1) is 17.2 Å². The van der Waals surface area contributed by atoms with Crippen LogP contribution in [0, 0.1) is 20.8 Å². The molecule has 0 aliphatic carbocycles. The summed E-state index contributed by atoms with van der Waals surface area (Å²) in [6, 6.07) is 5.92. The van der Waals surface area contributed by atoms with Crippen LogP contribution in [0.25, 0.3) is 10.9 Å². The van der Waals surface area contributed by atoms with E-state index in [0.29, 0.717) is 18.7 Å². The summed E-state index contributed by atoms with van der Waals surface area (Å²) >= 11 is 0. The molecule has 1 fully saturated rings. The number of hydrogen-bond donors (Lipinski definition) is 1. The number of nitrogens with zero attached hydrogens (tertiary/aromatic N) is 2. The lowest BCUT2D eigenvalue weighted by Crippen LogP contribution is -2.53. The Morgan fingerprint density at radius 2 is 2.08 bits per heavy atom. The predicted molar refractivity (Wildman–Crippen MR) is 95.2 cm³/mol. The number of fused-ring (bicyclic) bond motifs is 1. The molecular weight excluding hydrogens is 302 g/mol. The Bertz CT molecular complexity index is 788. The van der Waals surface area contributed by atoms with E-state index in [0.717, 1.165) is 28.6 Å².